The molecule has 4 aromatic rings. The van der Waals surface area contributed by atoms with Gasteiger partial charge in [0.05, 0.1) is 42.2 Å². The summed E-state index contributed by atoms with van der Waals surface area (Å²) in [4.78, 5) is 46.9. The number of aromatic hydroxyl groups is 1. The number of hydrogen-bond donors (Lipinski definition) is 3. The van der Waals surface area contributed by atoms with Gasteiger partial charge in [0, 0.05) is 29.2 Å². The van der Waals surface area contributed by atoms with E-state index >= 15 is 0 Å². The van der Waals surface area contributed by atoms with Gasteiger partial charge in [-0.05, 0) is 50.4 Å². The predicted octanol–water partition coefficient (Wildman–Crippen LogP) is 3.60. The van der Waals surface area contributed by atoms with Crippen molar-refractivity contribution in [3.63, 3.8) is 0 Å². The summed E-state index contributed by atoms with van der Waals surface area (Å²) in [6.45, 7) is 2.03. The van der Waals surface area contributed by atoms with E-state index in [1.54, 1.807) is 68.4 Å². The van der Waals surface area contributed by atoms with E-state index < -0.39 is 11.9 Å². The highest BCUT2D eigenvalue weighted by molar-refractivity contribution is 6.22. The Balaban J connectivity index is 1.69. The smallest absolute Gasteiger partial charge is 0.338 e. The topological polar surface area (TPSA) is 141 Å². The molecular weight excluding hydrogens is 510 g/mol. The van der Waals surface area contributed by atoms with E-state index in [-0.39, 0.29) is 31.5 Å². The largest absolute Gasteiger partial charge is 0.494 e. The second-order valence-electron chi connectivity index (χ2n) is 9.26. The van der Waals surface area contributed by atoms with Crippen molar-refractivity contribution in [3.8, 4) is 5.88 Å². The molecule has 0 aliphatic carbocycles. The maximum atomic E-state index is 12.6. The molecule has 0 spiro atoms. The van der Waals surface area contributed by atoms with Crippen molar-refractivity contribution in [1.29, 1.82) is 0 Å². The van der Waals surface area contributed by atoms with Gasteiger partial charge in [-0.2, -0.15) is 0 Å². The van der Waals surface area contributed by atoms with E-state index in [1.807, 2.05) is 30.3 Å². The van der Waals surface area contributed by atoms with Crippen LogP contribution in [0.25, 0.3) is 10.9 Å². The number of benzene rings is 3. The molecule has 0 atom stereocenters. The summed E-state index contributed by atoms with van der Waals surface area (Å²) in [6, 6.07) is 21.6. The van der Waals surface area contributed by atoms with Gasteiger partial charge in [0.2, 0.25) is 11.8 Å². The number of fused-ring (bicyclic) bond motifs is 1. The number of hydrogen-bond acceptors (Lipinski definition) is 7. The second-order valence-corrected chi connectivity index (χ2v) is 9.26. The van der Waals surface area contributed by atoms with E-state index in [2.05, 4.69) is 4.98 Å². The van der Waals surface area contributed by atoms with Crippen LogP contribution in [0.5, 0.6) is 5.88 Å². The number of nitrogens with one attached hydrogen (secondary N) is 1. The number of H-pyrrole nitrogens is 1. The average molecular weight is 542 g/mol. The molecular formula is C30H31N5O5. The van der Waals surface area contributed by atoms with Gasteiger partial charge in [-0.25, -0.2) is 9.79 Å². The standard InChI is InChI=1S/C30H31N5O5/c1-4-40-30(39)20-10-15-23-24(16-20)33-29(38)27(23)28(19-8-6-5-7-9-19)32-21-11-13-22(14-12-21)35(3)26(37)18-34(2)17-25(31)36/h5-16,33,38H,4,17-18H2,1-3H3,(H2,31,36). The summed E-state index contributed by atoms with van der Waals surface area (Å²) in [6.07, 6.45) is 0. The van der Waals surface area contributed by atoms with E-state index in [0.717, 1.165) is 5.56 Å². The lowest BCUT2D eigenvalue weighted by Gasteiger charge is -2.21. The minimum atomic E-state index is -0.505. The molecule has 2 amide bonds. The molecule has 206 valence electrons. The van der Waals surface area contributed by atoms with Crippen LogP contribution >= 0.6 is 0 Å². The van der Waals surface area contributed by atoms with Gasteiger partial charge >= 0.3 is 5.97 Å². The summed E-state index contributed by atoms with van der Waals surface area (Å²) < 4.78 is 5.10. The quantitative estimate of drug-likeness (QED) is 0.207. The van der Waals surface area contributed by atoms with Gasteiger partial charge in [0.25, 0.3) is 0 Å². The molecule has 10 nitrogen and oxygen atoms in total. The lowest BCUT2D eigenvalue weighted by Crippen LogP contribution is -2.40. The number of esters is 1. The molecule has 3 aromatic carbocycles. The molecule has 0 radical (unpaired) electrons. The SMILES string of the molecule is CCOC(=O)c1ccc2c(C(=Nc3ccc(N(C)C(=O)CN(C)CC(N)=O)cc3)c3ccccc3)c(O)[nH]c2c1. The first-order valence-corrected chi connectivity index (χ1v) is 12.7. The van der Waals surface area contributed by atoms with Crippen LogP contribution < -0.4 is 10.6 Å². The molecule has 0 unspecified atom stereocenters. The van der Waals surface area contributed by atoms with Gasteiger partial charge in [-0.1, -0.05) is 36.4 Å². The fourth-order valence-electron chi connectivity index (χ4n) is 4.31. The second kappa shape index (κ2) is 12.3. The summed E-state index contributed by atoms with van der Waals surface area (Å²) in [5.74, 6) is -1.23. The maximum absolute atomic E-state index is 12.6. The number of anilines is 1. The molecule has 4 rings (SSSR count). The average Bonchev–Trinajstić information content (AvgIpc) is 3.26. The summed E-state index contributed by atoms with van der Waals surface area (Å²) in [5.41, 5.74) is 9.20. The van der Waals surface area contributed by atoms with Crippen molar-refractivity contribution in [3.05, 3.63) is 89.5 Å². The number of nitrogens with two attached hydrogens (primary N) is 1. The first-order chi connectivity index (χ1) is 19.2. The third-order valence-electron chi connectivity index (χ3n) is 6.26. The Labute approximate surface area is 231 Å². The number of carbonyl (C=O) groups excluding carboxylic acids is 3. The van der Waals surface area contributed by atoms with Crippen LogP contribution in [0.3, 0.4) is 0 Å². The van der Waals surface area contributed by atoms with Crippen molar-refractivity contribution in [2.45, 2.75) is 6.92 Å². The Morgan fingerprint density at radius 2 is 1.65 bits per heavy atom. The number of aromatic nitrogens is 1. The van der Waals surface area contributed by atoms with Crippen LogP contribution in [-0.2, 0) is 14.3 Å². The number of likely N-dealkylation sites (N-methyl/N-ethyl adjacent to an activating group) is 2. The van der Waals surface area contributed by atoms with Crippen molar-refractivity contribution in [2.24, 2.45) is 10.7 Å². The van der Waals surface area contributed by atoms with Gasteiger partial charge in [0.1, 0.15) is 0 Å². The van der Waals surface area contributed by atoms with Crippen LogP contribution in [0.4, 0.5) is 11.4 Å². The zero-order valence-corrected chi connectivity index (χ0v) is 22.5. The van der Waals surface area contributed by atoms with Crippen LogP contribution in [0.15, 0.2) is 77.8 Å². The number of carbonyl (C=O) groups is 3. The Kier molecular flexibility index (Phi) is 8.60. The molecule has 0 saturated heterocycles. The van der Waals surface area contributed by atoms with Crippen LogP contribution in [0.1, 0.15) is 28.4 Å². The zero-order chi connectivity index (χ0) is 28.8. The number of amides is 2. The van der Waals surface area contributed by atoms with Gasteiger partial charge in [-0.3, -0.25) is 14.5 Å². The van der Waals surface area contributed by atoms with Gasteiger partial charge in [-0.15, -0.1) is 0 Å². The molecule has 0 bridgehead atoms. The fourth-order valence-corrected chi connectivity index (χ4v) is 4.31. The highest BCUT2D eigenvalue weighted by Gasteiger charge is 2.20. The monoisotopic (exact) mass is 541 g/mol. The number of rotatable bonds is 10. The van der Waals surface area contributed by atoms with Crippen molar-refractivity contribution in [2.75, 3.05) is 38.7 Å². The predicted molar refractivity (Wildman–Crippen MR) is 154 cm³/mol. The summed E-state index contributed by atoms with van der Waals surface area (Å²) >= 11 is 0. The van der Waals surface area contributed by atoms with Gasteiger partial charge < -0.3 is 25.5 Å². The molecule has 0 saturated carbocycles. The van der Waals surface area contributed by atoms with Gasteiger partial charge in [0.15, 0.2) is 5.88 Å². The number of primary amides is 1. The Morgan fingerprint density at radius 3 is 2.30 bits per heavy atom. The van der Waals surface area contributed by atoms with E-state index in [9.17, 15) is 19.5 Å². The summed E-state index contributed by atoms with van der Waals surface area (Å²) in [7, 11) is 3.31. The first-order valence-electron chi connectivity index (χ1n) is 12.7. The maximum Gasteiger partial charge on any atom is 0.338 e. The number of aliphatic imine (C=N–C) groups is 1. The Bertz CT molecular complexity index is 1560. The van der Waals surface area contributed by atoms with Crippen molar-refractivity contribution >= 4 is 45.8 Å². The molecule has 0 aliphatic heterocycles. The molecule has 0 aliphatic rings. The van der Waals surface area contributed by atoms with E-state index in [0.29, 0.717) is 39.1 Å². The molecule has 4 N–H and O–H groups in total. The van der Waals surface area contributed by atoms with Crippen LogP contribution in [0.2, 0.25) is 0 Å². The van der Waals surface area contributed by atoms with Crippen molar-refractivity contribution < 1.29 is 24.2 Å². The molecule has 40 heavy (non-hydrogen) atoms. The molecule has 10 heteroatoms. The third kappa shape index (κ3) is 6.36. The van der Waals surface area contributed by atoms with Crippen LogP contribution in [0, 0.1) is 0 Å². The Hall–Kier alpha value is -4.96. The zero-order valence-electron chi connectivity index (χ0n) is 22.5. The van der Waals surface area contributed by atoms with Crippen LogP contribution in [-0.4, -0.2) is 72.3 Å². The molecule has 1 aromatic heterocycles. The third-order valence-corrected chi connectivity index (χ3v) is 6.26. The Morgan fingerprint density at radius 1 is 0.950 bits per heavy atom. The number of aromatic amines is 1. The van der Waals surface area contributed by atoms with Crippen molar-refractivity contribution in [1.82, 2.24) is 9.88 Å². The normalized spacial score (nSPS) is 11.6. The minimum Gasteiger partial charge on any atom is -0.494 e. The first kappa shape index (κ1) is 28.1. The lowest BCUT2D eigenvalue weighted by molar-refractivity contribution is -0.121. The lowest BCUT2D eigenvalue weighted by atomic mass is 10.00. The number of ether oxygens (including phenoxy) is 1. The van der Waals surface area contributed by atoms with E-state index in [1.165, 1.54) is 4.90 Å². The number of nitrogens with zero attached hydrogens (tertiary/aromatic N) is 3. The fraction of sp³-hybridized carbons (Fsp3) is 0.200. The minimum absolute atomic E-state index is 0.0136. The highest BCUT2D eigenvalue weighted by atomic mass is 16.5. The summed E-state index contributed by atoms with van der Waals surface area (Å²) in [5, 5.41) is 11.6. The highest BCUT2D eigenvalue weighted by Crippen LogP contribution is 2.32. The molecule has 0 fully saturated rings. The van der Waals surface area contributed by atoms with E-state index in [4.69, 9.17) is 15.5 Å². The molecule has 1 heterocycles.